The second-order valence-corrected chi connectivity index (χ2v) is 8.14. The molecule has 0 saturated heterocycles. The summed E-state index contributed by atoms with van der Waals surface area (Å²) in [6, 6.07) is 17.2. The molecule has 0 bridgehead atoms. The summed E-state index contributed by atoms with van der Waals surface area (Å²) >= 11 is 0. The van der Waals surface area contributed by atoms with Crippen molar-refractivity contribution >= 4 is 41.1 Å². The molecule has 0 spiro atoms. The number of ether oxygens (including phenoxy) is 2. The van der Waals surface area contributed by atoms with E-state index in [1.54, 1.807) is 44.7 Å². The van der Waals surface area contributed by atoms with Gasteiger partial charge in [-0.2, -0.15) is 20.1 Å². The number of nitrogens with zero attached hydrogens (tertiary/aromatic N) is 5. The zero-order valence-electron chi connectivity index (χ0n) is 21.2. The first-order valence-electron chi connectivity index (χ1n) is 11.5. The third kappa shape index (κ3) is 6.49. The molecule has 194 valence electrons. The number of anilines is 5. The van der Waals surface area contributed by atoms with Crippen molar-refractivity contribution < 1.29 is 14.4 Å². The average molecular weight is 515 g/mol. The maximum Gasteiger partial charge on any atom is 0.269 e. The van der Waals surface area contributed by atoms with E-state index in [-0.39, 0.29) is 23.5 Å². The smallest absolute Gasteiger partial charge is 0.269 e. The van der Waals surface area contributed by atoms with Gasteiger partial charge in [-0.3, -0.25) is 10.1 Å². The van der Waals surface area contributed by atoms with Crippen LogP contribution in [-0.2, 0) is 0 Å². The molecular formula is C26H26N8O4. The van der Waals surface area contributed by atoms with Crippen molar-refractivity contribution in [3.05, 3.63) is 87.5 Å². The van der Waals surface area contributed by atoms with Gasteiger partial charge in [-0.15, -0.1) is 0 Å². The zero-order chi connectivity index (χ0) is 27.1. The molecule has 0 aliphatic rings. The lowest BCUT2D eigenvalue weighted by Crippen LogP contribution is -2.07. The first-order valence-corrected chi connectivity index (χ1v) is 11.5. The number of benzene rings is 3. The molecule has 4 aromatic rings. The van der Waals surface area contributed by atoms with Crippen LogP contribution in [-0.4, -0.2) is 40.3 Å². The lowest BCUT2D eigenvalue weighted by atomic mass is 10.1. The molecule has 0 unspecified atom stereocenters. The normalized spacial score (nSPS) is 10.7. The summed E-state index contributed by atoms with van der Waals surface area (Å²) in [5.74, 6) is 1.89. The van der Waals surface area contributed by atoms with Gasteiger partial charge in [-0.1, -0.05) is 6.07 Å². The van der Waals surface area contributed by atoms with Crippen LogP contribution in [0.15, 0.2) is 65.8 Å². The number of nitro benzene ring substituents is 1. The van der Waals surface area contributed by atoms with Crippen LogP contribution in [0.5, 0.6) is 11.5 Å². The molecule has 38 heavy (non-hydrogen) atoms. The van der Waals surface area contributed by atoms with E-state index in [9.17, 15) is 10.1 Å². The number of nitrogens with one attached hydrogen (secondary N) is 3. The Labute approximate surface area is 218 Å². The van der Waals surface area contributed by atoms with E-state index in [0.29, 0.717) is 22.7 Å². The highest BCUT2D eigenvalue weighted by Gasteiger charge is 2.10. The number of nitro groups is 1. The largest absolute Gasteiger partial charge is 0.497 e. The van der Waals surface area contributed by atoms with E-state index < -0.39 is 4.92 Å². The third-order valence-electron chi connectivity index (χ3n) is 5.54. The van der Waals surface area contributed by atoms with Crippen molar-refractivity contribution in [1.82, 2.24) is 15.0 Å². The molecule has 1 aromatic heterocycles. The monoisotopic (exact) mass is 514 g/mol. The van der Waals surface area contributed by atoms with Crippen molar-refractivity contribution in [2.75, 3.05) is 30.3 Å². The van der Waals surface area contributed by atoms with Gasteiger partial charge in [-0.25, -0.2) is 5.43 Å². The first kappa shape index (κ1) is 25.8. The molecule has 0 amide bonds. The molecule has 0 aliphatic carbocycles. The third-order valence-corrected chi connectivity index (χ3v) is 5.54. The number of non-ortho nitro benzene ring substituents is 1. The molecule has 3 N–H and O–H groups in total. The number of methoxy groups -OCH3 is 2. The molecule has 0 aliphatic heterocycles. The van der Waals surface area contributed by atoms with Gasteiger partial charge < -0.3 is 20.1 Å². The number of hydrazone groups is 1. The van der Waals surface area contributed by atoms with Crippen molar-refractivity contribution in [2.45, 2.75) is 13.8 Å². The Morgan fingerprint density at radius 1 is 0.816 bits per heavy atom. The fourth-order valence-electron chi connectivity index (χ4n) is 3.37. The molecule has 3 aromatic carbocycles. The second kappa shape index (κ2) is 11.6. The van der Waals surface area contributed by atoms with Crippen LogP contribution in [0.4, 0.5) is 34.9 Å². The Kier molecular flexibility index (Phi) is 7.92. The van der Waals surface area contributed by atoms with Gasteiger partial charge in [0.05, 0.1) is 25.4 Å². The van der Waals surface area contributed by atoms with Crippen LogP contribution in [0.25, 0.3) is 0 Å². The molecule has 12 heteroatoms. The quantitative estimate of drug-likeness (QED) is 0.144. The fraction of sp³-hybridized carbons (Fsp3) is 0.154. The van der Waals surface area contributed by atoms with Crippen molar-refractivity contribution in [3.63, 3.8) is 0 Å². The minimum Gasteiger partial charge on any atom is -0.497 e. The summed E-state index contributed by atoms with van der Waals surface area (Å²) in [5, 5.41) is 21.4. The van der Waals surface area contributed by atoms with Crippen LogP contribution >= 0.6 is 0 Å². The molecule has 0 saturated carbocycles. The van der Waals surface area contributed by atoms with E-state index in [1.165, 1.54) is 12.1 Å². The molecule has 0 radical (unpaired) electrons. The molecule has 12 nitrogen and oxygen atoms in total. The SMILES string of the molecule is COc1ccc(/C=N/Nc2nc(Nc3ccc([N+](=O)[O-])cc3)nc(Nc3ccc(C)c(C)c3)n2)c(OC)c1. The zero-order valence-corrected chi connectivity index (χ0v) is 21.2. The molecule has 1 heterocycles. The van der Waals surface area contributed by atoms with Crippen LogP contribution in [0.3, 0.4) is 0 Å². The Bertz CT molecular complexity index is 1480. The number of hydrogen-bond donors (Lipinski definition) is 3. The Morgan fingerprint density at radius 3 is 2.11 bits per heavy atom. The van der Waals surface area contributed by atoms with Crippen LogP contribution in [0, 0.1) is 24.0 Å². The highest BCUT2D eigenvalue weighted by atomic mass is 16.6. The Morgan fingerprint density at radius 2 is 1.47 bits per heavy atom. The summed E-state index contributed by atoms with van der Waals surface area (Å²) in [7, 11) is 3.14. The van der Waals surface area contributed by atoms with E-state index in [4.69, 9.17) is 9.47 Å². The molecular weight excluding hydrogens is 488 g/mol. The number of rotatable bonds is 10. The maximum atomic E-state index is 11.0. The Balaban J connectivity index is 1.60. The summed E-state index contributed by atoms with van der Waals surface area (Å²) in [6.45, 7) is 4.05. The summed E-state index contributed by atoms with van der Waals surface area (Å²) in [4.78, 5) is 23.7. The summed E-state index contributed by atoms with van der Waals surface area (Å²) in [5.41, 5.74) is 7.17. The molecule has 0 atom stereocenters. The minimum atomic E-state index is -0.462. The van der Waals surface area contributed by atoms with Gasteiger partial charge in [-0.05, 0) is 61.4 Å². The summed E-state index contributed by atoms with van der Waals surface area (Å²) in [6.07, 6.45) is 1.57. The number of hydrogen-bond acceptors (Lipinski definition) is 11. The van der Waals surface area contributed by atoms with E-state index in [2.05, 4.69) is 36.1 Å². The van der Waals surface area contributed by atoms with Gasteiger partial charge in [0.25, 0.3) is 5.69 Å². The van der Waals surface area contributed by atoms with Crippen molar-refractivity contribution in [1.29, 1.82) is 0 Å². The average Bonchev–Trinajstić information content (AvgIpc) is 2.91. The van der Waals surface area contributed by atoms with Gasteiger partial charge in [0.2, 0.25) is 17.8 Å². The van der Waals surface area contributed by atoms with Gasteiger partial charge >= 0.3 is 0 Å². The standard InChI is InChI=1S/C26H26N8O4/c1-16-5-7-20(13-17(16)2)29-25-30-24(28-19-8-10-21(11-9-19)34(35)36)31-26(32-25)33-27-15-18-6-12-22(37-3)14-23(18)38-4/h5-15H,1-4H3,(H3,28,29,30,31,32,33)/b27-15+. The van der Waals surface area contributed by atoms with E-state index >= 15 is 0 Å². The van der Waals surface area contributed by atoms with Crippen LogP contribution < -0.4 is 25.5 Å². The van der Waals surface area contributed by atoms with Crippen molar-refractivity contribution in [3.8, 4) is 11.5 Å². The highest BCUT2D eigenvalue weighted by Crippen LogP contribution is 2.24. The Hall–Kier alpha value is -5.26. The van der Waals surface area contributed by atoms with E-state index in [0.717, 1.165) is 16.8 Å². The second-order valence-electron chi connectivity index (χ2n) is 8.14. The van der Waals surface area contributed by atoms with Gasteiger partial charge in [0.15, 0.2) is 0 Å². The van der Waals surface area contributed by atoms with E-state index in [1.807, 2.05) is 38.1 Å². The van der Waals surface area contributed by atoms with Crippen LogP contribution in [0.1, 0.15) is 16.7 Å². The van der Waals surface area contributed by atoms with Gasteiger partial charge in [0.1, 0.15) is 11.5 Å². The highest BCUT2D eigenvalue weighted by molar-refractivity contribution is 5.84. The summed E-state index contributed by atoms with van der Waals surface area (Å²) < 4.78 is 10.6. The minimum absolute atomic E-state index is 0.0195. The van der Waals surface area contributed by atoms with Crippen molar-refractivity contribution in [2.24, 2.45) is 5.10 Å². The maximum absolute atomic E-state index is 11.0. The lowest BCUT2D eigenvalue weighted by molar-refractivity contribution is -0.384. The predicted molar refractivity (Wildman–Crippen MR) is 146 cm³/mol. The topological polar surface area (TPSA) is 149 Å². The lowest BCUT2D eigenvalue weighted by Gasteiger charge is -2.11. The number of aromatic nitrogens is 3. The predicted octanol–water partition coefficient (Wildman–Crippen LogP) is 5.35. The number of aryl methyl sites for hydroxylation is 2. The fourth-order valence-corrected chi connectivity index (χ4v) is 3.37. The van der Waals surface area contributed by atoms with Gasteiger partial charge in [0, 0.05) is 35.1 Å². The molecule has 4 rings (SSSR count). The first-order chi connectivity index (χ1) is 18.3. The molecule has 0 fully saturated rings. The van der Waals surface area contributed by atoms with Crippen LogP contribution in [0.2, 0.25) is 0 Å².